The fourth-order valence-corrected chi connectivity index (χ4v) is 2.05. The van der Waals surface area contributed by atoms with Gasteiger partial charge < -0.3 is 15.0 Å². The second-order valence-electron chi connectivity index (χ2n) is 4.41. The van der Waals surface area contributed by atoms with Crippen molar-refractivity contribution < 1.29 is 9.53 Å². The van der Waals surface area contributed by atoms with Gasteiger partial charge in [-0.1, -0.05) is 12.1 Å². The number of ether oxygens (including phenoxy) is 1. The SMILES string of the molecule is CCOc1ccccc1NC(=O)/N=C1\CCCN1C. The van der Waals surface area contributed by atoms with Gasteiger partial charge in [0.15, 0.2) is 0 Å². The Labute approximate surface area is 113 Å². The van der Waals surface area contributed by atoms with Gasteiger partial charge in [-0.2, -0.15) is 4.99 Å². The molecule has 0 spiro atoms. The molecule has 1 aromatic carbocycles. The van der Waals surface area contributed by atoms with E-state index in [1.807, 2.05) is 37.1 Å². The number of hydrogen-bond acceptors (Lipinski definition) is 2. The molecular weight excluding hydrogens is 242 g/mol. The fourth-order valence-electron chi connectivity index (χ4n) is 2.05. The van der Waals surface area contributed by atoms with Crippen LogP contribution in [0, 0.1) is 0 Å². The molecular formula is C14H19N3O2. The van der Waals surface area contributed by atoms with Crippen LogP contribution in [-0.2, 0) is 0 Å². The van der Waals surface area contributed by atoms with Gasteiger partial charge >= 0.3 is 6.03 Å². The van der Waals surface area contributed by atoms with E-state index in [1.165, 1.54) is 0 Å². The summed E-state index contributed by atoms with van der Waals surface area (Å²) in [5.74, 6) is 1.50. The maximum absolute atomic E-state index is 11.9. The summed E-state index contributed by atoms with van der Waals surface area (Å²) in [4.78, 5) is 18.0. The Morgan fingerprint density at radius 1 is 1.47 bits per heavy atom. The van der Waals surface area contributed by atoms with Crippen molar-refractivity contribution in [2.24, 2.45) is 4.99 Å². The molecule has 0 atom stereocenters. The van der Waals surface area contributed by atoms with E-state index in [2.05, 4.69) is 10.3 Å². The third-order valence-electron chi connectivity index (χ3n) is 2.99. The first kappa shape index (κ1) is 13.4. The van der Waals surface area contributed by atoms with E-state index < -0.39 is 0 Å². The minimum Gasteiger partial charge on any atom is -0.492 e. The number of benzene rings is 1. The third-order valence-corrected chi connectivity index (χ3v) is 2.99. The van der Waals surface area contributed by atoms with Crippen molar-refractivity contribution >= 4 is 17.6 Å². The van der Waals surface area contributed by atoms with Gasteiger partial charge in [-0.3, -0.25) is 0 Å². The third kappa shape index (κ3) is 3.47. The van der Waals surface area contributed by atoms with Gasteiger partial charge in [0.2, 0.25) is 0 Å². The molecule has 1 aromatic rings. The zero-order valence-electron chi connectivity index (χ0n) is 11.3. The number of para-hydroxylation sites is 2. The largest absolute Gasteiger partial charge is 0.492 e. The molecule has 19 heavy (non-hydrogen) atoms. The standard InChI is InChI=1S/C14H19N3O2/c1-3-19-12-8-5-4-7-11(12)15-14(18)16-13-9-6-10-17(13)2/h4-5,7-8H,3,6,9-10H2,1-2H3,(H,15,18)/b16-13+. The average Bonchev–Trinajstić information content (AvgIpc) is 2.78. The first-order valence-corrected chi connectivity index (χ1v) is 6.52. The van der Waals surface area contributed by atoms with Crippen LogP contribution in [-0.4, -0.2) is 37.0 Å². The topological polar surface area (TPSA) is 53.9 Å². The number of nitrogens with one attached hydrogen (secondary N) is 1. The molecule has 0 saturated carbocycles. The summed E-state index contributed by atoms with van der Waals surface area (Å²) in [5.41, 5.74) is 0.652. The van der Waals surface area contributed by atoms with Crippen molar-refractivity contribution in [2.45, 2.75) is 19.8 Å². The summed E-state index contributed by atoms with van der Waals surface area (Å²) in [6.07, 6.45) is 1.91. The van der Waals surface area contributed by atoms with Crippen LogP contribution in [0.15, 0.2) is 29.3 Å². The molecule has 1 aliphatic rings. The first-order chi connectivity index (χ1) is 9.20. The zero-order valence-corrected chi connectivity index (χ0v) is 11.3. The van der Waals surface area contributed by atoms with Crippen LogP contribution in [0.3, 0.4) is 0 Å². The summed E-state index contributed by atoms with van der Waals surface area (Å²) in [6.45, 7) is 3.43. The highest BCUT2D eigenvalue weighted by molar-refractivity contribution is 6.00. The van der Waals surface area contributed by atoms with E-state index in [-0.39, 0.29) is 6.03 Å². The Balaban J connectivity index is 2.06. The monoisotopic (exact) mass is 261 g/mol. The molecule has 0 bridgehead atoms. The van der Waals surface area contributed by atoms with Gasteiger partial charge in [0.25, 0.3) is 0 Å². The van der Waals surface area contributed by atoms with Crippen LogP contribution in [0.25, 0.3) is 0 Å². The van der Waals surface area contributed by atoms with Gasteiger partial charge in [0, 0.05) is 20.0 Å². The quantitative estimate of drug-likeness (QED) is 0.910. The highest BCUT2D eigenvalue weighted by atomic mass is 16.5. The van der Waals surface area contributed by atoms with Gasteiger partial charge in [-0.05, 0) is 25.5 Å². The normalized spacial score (nSPS) is 16.7. The molecule has 1 fully saturated rings. The number of carbonyl (C=O) groups is 1. The molecule has 0 unspecified atom stereocenters. The summed E-state index contributed by atoms with van der Waals surface area (Å²) in [7, 11) is 1.95. The van der Waals surface area contributed by atoms with Gasteiger partial charge in [0.05, 0.1) is 12.3 Å². The molecule has 0 radical (unpaired) electrons. The molecule has 5 heteroatoms. The molecule has 1 N–H and O–H groups in total. The summed E-state index contributed by atoms with van der Waals surface area (Å²) < 4.78 is 5.46. The molecule has 1 aliphatic heterocycles. The van der Waals surface area contributed by atoms with E-state index in [4.69, 9.17) is 4.74 Å². The maximum Gasteiger partial charge on any atom is 0.347 e. The predicted octanol–water partition coefficient (Wildman–Crippen LogP) is 2.74. The van der Waals surface area contributed by atoms with E-state index in [9.17, 15) is 4.79 Å². The molecule has 1 saturated heterocycles. The molecule has 1 heterocycles. The lowest BCUT2D eigenvalue weighted by Crippen LogP contribution is -2.21. The van der Waals surface area contributed by atoms with Gasteiger partial charge in [0.1, 0.15) is 11.6 Å². The Hall–Kier alpha value is -2.04. The number of nitrogens with zero attached hydrogens (tertiary/aromatic N) is 2. The van der Waals surface area contributed by atoms with E-state index in [0.717, 1.165) is 25.2 Å². The highest BCUT2D eigenvalue weighted by Gasteiger charge is 2.16. The Morgan fingerprint density at radius 3 is 2.95 bits per heavy atom. The number of likely N-dealkylation sites (tertiary alicyclic amines) is 1. The number of rotatable bonds is 3. The van der Waals surface area contributed by atoms with E-state index in [1.54, 1.807) is 6.07 Å². The molecule has 2 rings (SSSR count). The Morgan fingerprint density at radius 2 is 2.26 bits per heavy atom. The minimum atomic E-state index is -0.351. The summed E-state index contributed by atoms with van der Waals surface area (Å²) >= 11 is 0. The summed E-state index contributed by atoms with van der Waals surface area (Å²) in [6, 6.07) is 7.01. The molecule has 102 valence electrons. The molecule has 0 aromatic heterocycles. The average molecular weight is 261 g/mol. The predicted molar refractivity (Wildman–Crippen MR) is 75.9 cm³/mol. The molecule has 2 amide bonds. The molecule has 0 aliphatic carbocycles. The second-order valence-corrected chi connectivity index (χ2v) is 4.41. The van der Waals surface area contributed by atoms with E-state index in [0.29, 0.717) is 18.0 Å². The Bertz CT molecular complexity index is 485. The van der Waals surface area contributed by atoms with Crippen LogP contribution in [0.2, 0.25) is 0 Å². The number of amides is 2. The number of aliphatic imine (C=N–C) groups is 1. The lowest BCUT2D eigenvalue weighted by molar-refractivity contribution is 0.259. The van der Waals surface area contributed by atoms with Crippen LogP contribution in [0.5, 0.6) is 5.75 Å². The lowest BCUT2D eigenvalue weighted by Gasteiger charge is -2.12. The maximum atomic E-state index is 11.9. The fraction of sp³-hybridized carbons (Fsp3) is 0.429. The van der Waals surface area contributed by atoms with Crippen molar-refractivity contribution in [2.75, 3.05) is 25.5 Å². The first-order valence-electron chi connectivity index (χ1n) is 6.52. The van der Waals surface area contributed by atoms with Gasteiger partial charge in [-0.25, -0.2) is 4.79 Å². The van der Waals surface area contributed by atoms with Crippen molar-refractivity contribution in [3.63, 3.8) is 0 Å². The van der Waals surface area contributed by atoms with Crippen LogP contribution < -0.4 is 10.1 Å². The summed E-state index contributed by atoms with van der Waals surface area (Å²) in [5, 5.41) is 2.76. The molecule has 5 nitrogen and oxygen atoms in total. The lowest BCUT2D eigenvalue weighted by atomic mass is 10.3. The van der Waals surface area contributed by atoms with E-state index >= 15 is 0 Å². The Kier molecular flexibility index (Phi) is 4.39. The smallest absolute Gasteiger partial charge is 0.347 e. The zero-order chi connectivity index (χ0) is 13.7. The van der Waals surface area contributed by atoms with Gasteiger partial charge in [-0.15, -0.1) is 0 Å². The number of urea groups is 1. The van der Waals surface area contributed by atoms with Crippen molar-refractivity contribution in [1.29, 1.82) is 0 Å². The highest BCUT2D eigenvalue weighted by Crippen LogP contribution is 2.23. The number of hydrogen-bond donors (Lipinski definition) is 1. The number of anilines is 1. The van der Waals surface area contributed by atoms with Crippen LogP contribution in [0.1, 0.15) is 19.8 Å². The van der Waals surface area contributed by atoms with Crippen molar-refractivity contribution in [3.8, 4) is 5.75 Å². The number of amidine groups is 1. The van der Waals surface area contributed by atoms with Crippen molar-refractivity contribution in [1.82, 2.24) is 4.90 Å². The second kappa shape index (κ2) is 6.22. The van der Waals surface area contributed by atoms with Crippen molar-refractivity contribution in [3.05, 3.63) is 24.3 Å². The minimum absolute atomic E-state index is 0.351. The van der Waals surface area contributed by atoms with Crippen LogP contribution >= 0.6 is 0 Å². The number of carbonyl (C=O) groups excluding carboxylic acids is 1. The van der Waals surface area contributed by atoms with Crippen LogP contribution in [0.4, 0.5) is 10.5 Å².